The molecule has 2 amide bonds. The van der Waals surface area contributed by atoms with Gasteiger partial charge in [0, 0.05) is 11.3 Å². The lowest BCUT2D eigenvalue weighted by molar-refractivity contribution is -0.118. The average Bonchev–Trinajstić information content (AvgIpc) is 2.61. The van der Waals surface area contributed by atoms with Crippen molar-refractivity contribution in [1.29, 1.82) is 0 Å². The molecule has 0 spiro atoms. The number of anilines is 1. The second kappa shape index (κ2) is 8.66. The van der Waals surface area contributed by atoms with Gasteiger partial charge in [-0.05, 0) is 42.8 Å². The highest BCUT2D eigenvalue weighted by molar-refractivity contribution is 5.95. The fraction of sp³-hybridized carbons (Fsp3) is 0.211. The normalized spacial score (nSPS) is 10.1. The number of hydrogen-bond acceptors (Lipinski definition) is 5. The molecule has 7 heteroatoms. The number of nitrogens with one attached hydrogen (secondary N) is 1. The van der Waals surface area contributed by atoms with Gasteiger partial charge < -0.3 is 20.5 Å². The first-order valence-electron chi connectivity index (χ1n) is 7.88. The van der Waals surface area contributed by atoms with Gasteiger partial charge in [-0.2, -0.15) is 0 Å². The number of ether oxygens (including phenoxy) is 2. The Balaban J connectivity index is 1.94. The van der Waals surface area contributed by atoms with Crippen molar-refractivity contribution in [3.63, 3.8) is 0 Å². The molecule has 0 radical (unpaired) electrons. The van der Waals surface area contributed by atoms with Crippen LogP contribution >= 0.6 is 0 Å². The highest BCUT2D eigenvalue weighted by Gasteiger charge is 2.11. The summed E-state index contributed by atoms with van der Waals surface area (Å²) in [5.74, 6) is -0.122. The van der Waals surface area contributed by atoms with Gasteiger partial charge in [-0.25, -0.2) is 0 Å². The zero-order valence-electron chi connectivity index (χ0n) is 14.6. The third-order valence-corrected chi connectivity index (χ3v) is 3.54. The number of ketones is 1. The van der Waals surface area contributed by atoms with Gasteiger partial charge in [-0.3, -0.25) is 14.4 Å². The molecule has 26 heavy (non-hydrogen) atoms. The van der Waals surface area contributed by atoms with Crippen molar-refractivity contribution in [2.24, 2.45) is 5.73 Å². The predicted octanol–water partition coefficient (Wildman–Crippen LogP) is 1.94. The van der Waals surface area contributed by atoms with Crippen LogP contribution in [0.15, 0.2) is 42.5 Å². The summed E-state index contributed by atoms with van der Waals surface area (Å²) < 4.78 is 10.6. The van der Waals surface area contributed by atoms with Crippen molar-refractivity contribution >= 4 is 23.3 Å². The molecule has 0 heterocycles. The maximum atomic E-state index is 12.0. The van der Waals surface area contributed by atoms with Crippen molar-refractivity contribution in [3.8, 4) is 11.5 Å². The van der Waals surface area contributed by atoms with E-state index >= 15 is 0 Å². The molecule has 0 atom stereocenters. The van der Waals surface area contributed by atoms with Crippen LogP contribution in [0, 0.1) is 0 Å². The Labute approximate surface area is 151 Å². The lowest BCUT2D eigenvalue weighted by Gasteiger charge is -2.12. The lowest BCUT2D eigenvalue weighted by atomic mass is 10.1. The van der Waals surface area contributed by atoms with Crippen LogP contribution in [0.2, 0.25) is 0 Å². The largest absolute Gasteiger partial charge is 0.493 e. The lowest BCUT2D eigenvalue weighted by Crippen LogP contribution is -2.20. The standard InChI is InChI=1S/C19H20N2O5/c1-12(22)14-5-8-16(17(10-14)25-2)26-11-19(24)21-15-6-3-13(4-7-15)9-18(20)23/h3-8,10H,9,11H2,1-2H3,(H2,20,23)(H,21,24). The summed E-state index contributed by atoms with van der Waals surface area (Å²) in [7, 11) is 1.46. The molecule has 0 aromatic heterocycles. The smallest absolute Gasteiger partial charge is 0.262 e. The molecule has 0 aliphatic heterocycles. The molecule has 2 rings (SSSR count). The van der Waals surface area contributed by atoms with Crippen molar-refractivity contribution in [2.75, 3.05) is 19.0 Å². The number of benzene rings is 2. The van der Waals surface area contributed by atoms with Crippen LogP contribution in [-0.2, 0) is 16.0 Å². The summed E-state index contributed by atoms with van der Waals surface area (Å²) in [6.45, 7) is 1.23. The van der Waals surface area contributed by atoms with Crippen LogP contribution in [-0.4, -0.2) is 31.3 Å². The van der Waals surface area contributed by atoms with Gasteiger partial charge in [-0.15, -0.1) is 0 Å². The summed E-state index contributed by atoms with van der Waals surface area (Å²) in [6.07, 6.45) is 0.146. The van der Waals surface area contributed by atoms with E-state index in [4.69, 9.17) is 15.2 Å². The summed E-state index contributed by atoms with van der Waals surface area (Å²) in [5.41, 5.74) is 6.97. The number of amides is 2. The van der Waals surface area contributed by atoms with Gasteiger partial charge >= 0.3 is 0 Å². The summed E-state index contributed by atoms with van der Waals surface area (Å²) >= 11 is 0. The molecule has 2 aromatic carbocycles. The molecule has 0 saturated carbocycles. The number of methoxy groups -OCH3 is 1. The van der Waals surface area contributed by atoms with Crippen LogP contribution < -0.4 is 20.5 Å². The Morgan fingerprint density at radius 3 is 2.31 bits per heavy atom. The molecule has 7 nitrogen and oxygen atoms in total. The minimum absolute atomic E-state index is 0.0904. The predicted molar refractivity (Wildman–Crippen MR) is 96.5 cm³/mol. The Morgan fingerprint density at radius 1 is 1.04 bits per heavy atom. The topological polar surface area (TPSA) is 108 Å². The zero-order chi connectivity index (χ0) is 19.1. The Morgan fingerprint density at radius 2 is 1.73 bits per heavy atom. The third-order valence-electron chi connectivity index (χ3n) is 3.54. The molecule has 3 N–H and O–H groups in total. The molecule has 0 aliphatic carbocycles. The summed E-state index contributed by atoms with van der Waals surface area (Å²) in [5, 5.41) is 2.68. The molecule has 0 bridgehead atoms. The van der Waals surface area contributed by atoms with Crippen molar-refractivity contribution < 1.29 is 23.9 Å². The number of carbonyl (C=O) groups excluding carboxylic acids is 3. The fourth-order valence-corrected chi connectivity index (χ4v) is 2.25. The van der Waals surface area contributed by atoms with Gasteiger partial charge in [0.1, 0.15) is 0 Å². The number of hydrogen-bond donors (Lipinski definition) is 2. The maximum absolute atomic E-state index is 12.0. The van der Waals surface area contributed by atoms with Gasteiger partial charge in [0.15, 0.2) is 23.9 Å². The van der Waals surface area contributed by atoms with E-state index in [1.165, 1.54) is 14.0 Å². The molecule has 136 valence electrons. The summed E-state index contributed by atoms with van der Waals surface area (Å²) in [4.78, 5) is 34.3. The third kappa shape index (κ3) is 5.34. The first-order valence-corrected chi connectivity index (χ1v) is 7.88. The Hall–Kier alpha value is -3.35. The van der Waals surface area contributed by atoms with Crippen LogP contribution in [0.4, 0.5) is 5.69 Å². The van der Waals surface area contributed by atoms with Crippen molar-refractivity contribution in [1.82, 2.24) is 0 Å². The Kier molecular flexibility index (Phi) is 6.32. The molecule has 0 unspecified atom stereocenters. The molecular weight excluding hydrogens is 336 g/mol. The monoisotopic (exact) mass is 356 g/mol. The molecular formula is C19H20N2O5. The van der Waals surface area contributed by atoms with Gasteiger partial charge in [0.25, 0.3) is 5.91 Å². The number of primary amides is 1. The Bertz CT molecular complexity index is 815. The molecule has 0 fully saturated rings. The van der Waals surface area contributed by atoms with E-state index in [1.807, 2.05) is 0 Å². The van der Waals surface area contributed by atoms with E-state index in [0.29, 0.717) is 22.7 Å². The number of Topliss-reactive ketones (excluding diaryl/α,β-unsaturated/α-hetero) is 1. The maximum Gasteiger partial charge on any atom is 0.262 e. The van der Waals surface area contributed by atoms with E-state index in [9.17, 15) is 14.4 Å². The highest BCUT2D eigenvalue weighted by atomic mass is 16.5. The molecule has 0 saturated heterocycles. The highest BCUT2D eigenvalue weighted by Crippen LogP contribution is 2.28. The van der Waals surface area contributed by atoms with Crippen LogP contribution in [0.5, 0.6) is 11.5 Å². The van der Waals surface area contributed by atoms with E-state index in [1.54, 1.807) is 42.5 Å². The van der Waals surface area contributed by atoms with E-state index in [2.05, 4.69) is 5.32 Å². The number of carbonyl (C=O) groups is 3. The van der Waals surface area contributed by atoms with Gasteiger partial charge in [-0.1, -0.05) is 12.1 Å². The quantitative estimate of drug-likeness (QED) is 0.703. The average molecular weight is 356 g/mol. The number of rotatable bonds is 8. The van der Waals surface area contributed by atoms with E-state index < -0.39 is 5.91 Å². The summed E-state index contributed by atoms with van der Waals surface area (Å²) in [6, 6.07) is 11.5. The van der Waals surface area contributed by atoms with E-state index in [-0.39, 0.29) is 24.7 Å². The van der Waals surface area contributed by atoms with Crippen molar-refractivity contribution in [2.45, 2.75) is 13.3 Å². The first kappa shape index (κ1) is 19.0. The fourth-order valence-electron chi connectivity index (χ4n) is 2.25. The molecule has 2 aromatic rings. The second-order valence-electron chi connectivity index (χ2n) is 5.60. The van der Waals surface area contributed by atoms with Crippen LogP contribution in [0.3, 0.4) is 0 Å². The first-order chi connectivity index (χ1) is 12.4. The van der Waals surface area contributed by atoms with E-state index in [0.717, 1.165) is 5.56 Å². The van der Waals surface area contributed by atoms with Crippen LogP contribution in [0.1, 0.15) is 22.8 Å². The van der Waals surface area contributed by atoms with Crippen LogP contribution in [0.25, 0.3) is 0 Å². The number of nitrogens with two attached hydrogens (primary N) is 1. The minimum atomic E-state index is -0.417. The second-order valence-corrected chi connectivity index (χ2v) is 5.60. The van der Waals surface area contributed by atoms with Gasteiger partial charge in [0.05, 0.1) is 13.5 Å². The van der Waals surface area contributed by atoms with Gasteiger partial charge in [0.2, 0.25) is 5.91 Å². The zero-order valence-corrected chi connectivity index (χ0v) is 14.6. The van der Waals surface area contributed by atoms with Crippen molar-refractivity contribution in [3.05, 3.63) is 53.6 Å². The minimum Gasteiger partial charge on any atom is -0.493 e. The molecule has 0 aliphatic rings. The SMILES string of the molecule is COc1cc(C(C)=O)ccc1OCC(=O)Nc1ccc(CC(N)=O)cc1.